The van der Waals surface area contributed by atoms with E-state index in [0.717, 1.165) is 31.2 Å². The maximum absolute atomic E-state index is 12.2. The minimum atomic E-state index is -0.474. The van der Waals surface area contributed by atoms with Crippen molar-refractivity contribution >= 4 is 19.6 Å². The highest BCUT2D eigenvalue weighted by molar-refractivity contribution is 6.57. The first-order chi connectivity index (χ1) is 10.5. The van der Waals surface area contributed by atoms with Gasteiger partial charge in [-0.25, -0.2) is 0 Å². The minimum Gasteiger partial charge on any atom is -0.366 e. The second kappa shape index (κ2) is 8.02. The molecule has 2 rings (SSSR count). The topological polar surface area (TPSA) is 58.2 Å². The van der Waals surface area contributed by atoms with E-state index < -0.39 is 5.81 Å². The third kappa shape index (κ3) is 5.21. The van der Waals surface area contributed by atoms with Crippen LogP contribution in [0.15, 0.2) is 24.3 Å². The van der Waals surface area contributed by atoms with E-state index in [-0.39, 0.29) is 11.8 Å². The molecule has 0 spiro atoms. The lowest BCUT2D eigenvalue weighted by Crippen LogP contribution is -2.35. The van der Waals surface area contributed by atoms with Gasteiger partial charge in [-0.15, -0.1) is 0 Å². The van der Waals surface area contributed by atoms with Gasteiger partial charge in [0.2, 0.25) is 5.91 Å². The number of aryl methyl sites for hydroxylation is 1. The van der Waals surface area contributed by atoms with Crippen molar-refractivity contribution in [2.45, 2.75) is 39.2 Å². The van der Waals surface area contributed by atoms with Gasteiger partial charge >= 0.3 is 0 Å². The van der Waals surface area contributed by atoms with Gasteiger partial charge in [0.05, 0.1) is 0 Å². The molecule has 1 fully saturated rings. The van der Waals surface area contributed by atoms with Crippen LogP contribution in [0.2, 0.25) is 0 Å². The minimum absolute atomic E-state index is 0.0928. The highest BCUT2D eigenvalue weighted by Crippen LogP contribution is 2.28. The summed E-state index contributed by atoms with van der Waals surface area (Å²) in [6.45, 7) is 3.25. The Labute approximate surface area is 133 Å². The molecular formula is C17H23BN2O2. The zero-order valence-electron chi connectivity index (χ0n) is 13.1. The molecule has 1 aliphatic rings. The maximum atomic E-state index is 12.2. The van der Waals surface area contributed by atoms with Crippen LogP contribution < -0.4 is 10.6 Å². The molecule has 0 atom stereocenters. The van der Waals surface area contributed by atoms with E-state index in [1.54, 1.807) is 0 Å². The zero-order chi connectivity index (χ0) is 15.9. The fourth-order valence-corrected chi connectivity index (χ4v) is 2.91. The second-order valence-electron chi connectivity index (χ2n) is 6.17. The molecule has 22 heavy (non-hydrogen) atoms. The van der Waals surface area contributed by atoms with Crippen molar-refractivity contribution in [3.05, 3.63) is 35.4 Å². The number of carbonyl (C=O) groups excluding carboxylic acids is 2. The van der Waals surface area contributed by atoms with Crippen molar-refractivity contribution in [2.75, 3.05) is 6.54 Å². The van der Waals surface area contributed by atoms with E-state index in [1.165, 1.54) is 5.56 Å². The predicted octanol–water partition coefficient (Wildman–Crippen LogP) is 2.30. The van der Waals surface area contributed by atoms with Crippen molar-refractivity contribution in [2.24, 2.45) is 11.8 Å². The Kier molecular flexibility index (Phi) is 6.05. The Hall–Kier alpha value is -1.78. The van der Waals surface area contributed by atoms with Crippen LogP contribution in [-0.4, -0.2) is 26.1 Å². The van der Waals surface area contributed by atoms with Gasteiger partial charge in [0, 0.05) is 19.0 Å². The van der Waals surface area contributed by atoms with Crippen LogP contribution in [0.1, 0.15) is 36.8 Å². The summed E-state index contributed by atoms with van der Waals surface area (Å²) in [6.07, 6.45) is 3.68. The van der Waals surface area contributed by atoms with Gasteiger partial charge < -0.3 is 10.6 Å². The summed E-state index contributed by atoms with van der Waals surface area (Å²) >= 11 is 0. The highest BCUT2D eigenvalue weighted by atomic mass is 16.2. The quantitative estimate of drug-likeness (QED) is 0.819. The molecule has 1 saturated carbocycles. The third-order valence-corrected chi connectivity index (χ3v) is 4.37. The van der Waals surface area contributed by atoms with Gasteiger partial charge in [-0.2, -0.15) is 0 Å². The van der Waals surface area contributed by atoms with Crippen molar-refractivity contribution in [1.82, 2.24) is 10.6 Å². The number of benzene rings is 1. The standard InChI is InChI=1S/C17H23BN2O2/c1-12-2-4-13(5-3-12)10-19-16(21)15-8-6-14(7-9-15)11-20-17(18)22/h2-5,14-15H,6-11H2,1H3,(H,19,21)(H,20,22). The monoisotopic (exact) mass is 298 g/mol. The first kappa shape index (κ1) is 16.6. The van der Waals surface area contributed by atoms with Crippen LogP contribution in [0, 0.1) is 18.8 Å². The lowest BCUT2D eigenvalue weighted by molar-refractivity contribution is -0.126. The number of carbonyl (C=O) groups is 2. The summed E-state index contributed by atoms with van der Waals surface area (Å²) < 4.78 is 0. The molecule has 0 unspecified atom stereocenters. The summed E-state index contributed by atoms with van der Waals surface area (Å²) in [5.74, 6) is 0.198. The molecule has 0 aromatic heterocycles. The summed E-state index contributed by atoms with van der Waals surface area (Å²) in [5.41, 5.74) is 2.34. The van der Waals surface area contributed by atoms with Crippen LogP contribution in [-0.2, 0) is 11.3 Å². The van der Waals surface area contributed by atoms with Gasteiger partial charge in [-0.05, 0) is 44.1 Å². The third-order valence-electron chi connectivity index (χ3n) is 4.37. The lowest BCUT2D eigenvalue weighted by atomic mass is 9.81. The van der Waals surface area contributed by atoms with Gasteiger partial charge in [-0.3, -0.25) is 9.59 Å². The Balaban J connectivity index is 1.70. The molecule has 1 aromatic rings. The van der Waals surface area contributed by atoms with Crippen molar-refractivity contribution in [3.8, 4) is 0 Å². The number of hydrogen-bond acceptors (Lipinski definition) is 2. The highest BCUT2D eigenvalue weighted by Gasteiger charge is 2.26. The molecule has 0 heterocycles. The van der Waals surface area contributed by atoms with E-state index in [9.17, 15) is 9.59 Å². The van der Waals surface area contributed by atoms with E-state index >= 15 is 0 Å². The van der Waals surface area contributed by atoms with Gasteiger partial charge in [0.15, 0.2) is 13.7 Å². The van der Waals surface area contributed by atoms with Crippen LogP contribution in [0.4, 0.5) is 4.79 Å². The van der Waals surface area contributed by atoms with Crippen LogP contribution >= 0.6 is 0 Å². The van der Waals surface area contributed by atoms with Crippen LogP contribution in [0.25, 0.3) is 0 Å². The number of rotatable bonds is 5. The molecule has 0 aliphatic heterocycles. The molecule has 0 bridgehead atoms. The van der Waals surface area contributed by atoms with Crippen LogP contribution in [0.3, 0.4) is 0 Å². The number of hydrogen-bond donors (Lipinski definition) is 2. The first-order valence-corrected chi connectivity index (χ1v) is 7.91. The summed E-state index contributed by atoms with van der Waals surface area (Å²) in [7, 11) is 5.08. The molecule has 116 valence electrons. The fourth-order valence-electron chi connectivity index (χ4n) is 2.91. The average molecular weight is 298 g/mol. The van der Waals surface area contributed by atoms with E-state index in [1.807, 2.05) is 19.1 Å². The summed E-state index contributed by atoms with van der Waals surface area (Å²) in [6, 6.07) is 8.20. The predicted molar refractivity (Wildman–Crippen MR) is 87.6 cm³/mol. The fraction of sp³-hybridized carbons (Fsp3) is 0.529. The smallest absolute Gasteiger partial charge is 0.223 e. The van der Waals surface area contributed by atoms with E-state index in [2.05, 4.69) is 22.8 Å². The first-order valence-electron chi connectivity index (χ1n) is 7.91. The molecule has 2 amide bonds. The Morgan fingerprint density at radius 1 is 1.09 bits per heavy atom. The maximum Gasteiger partial charge on any atom is 0.223 e. The van der Waals surface area contributed by atoms with Crippen LogP contribution in [0.5, 0.6) is 0 Å². The molecular weight excluding hydrogens is 275 g/mol. The Morgan fingerprint density at radius 2 is 1.73 bits per heavy atom. The van der Waals surface area contributed by atoms with Crippen molar-refractivity contribution in [1.29, 1.82) is 0 Å². The van der Waals surface area contributed by atoms with Gasteiger partial charge in [-0.1, -0.05) is 29.8 Å². The van der Waals surface area contributed by atoms with E-state index in [4.69, 9.17) is 7.85 Å². The molecule has 0 saturated heterocycles. The average Bonchev–Trinajstić information content (AvgIpc) is 2.52. The molecule has 1 aromatic carbocycles. The molecule has 2 N–H and O–H groups in total. The summed E-state index contributed by atoms with van der Waals surface area (Å²) in [4.78, 5) is 22.9. The SMILES string of the molecule is [B]C(=O)NCC1CCC(C(=O)NCc2ccc(C)cc2)CC1. The molecule has 1 aliphatic carbocycles. The van der Waals surface area contributed by atoms with Gasteiger partial charge in [0.1, 0.15) is 0 Å². The lowest BCUT2D eigenvalue weighted by Gasteiger charge is -2.27. The van der Waals surface area contributed by atoms with Gasteiger partial charge in [0.25, 0.3) is 0 Å². The zero-order valence-corrected chi connectivity index (χ0v) is 13.1. The second-order valence-corrected chi connectivity index (χ2v) is 6.17. The summed E-state index contributed by atoms with van der Waals surface area (Å²) in [5, 5.41) is 5.67. The largest absolute Gasteiger partial charge is 0.366 e. The van der Waals surface area contributed by atoms with Crippen molar-refractivity contribution in [3.63, 3.8) is 0 Å². The molecule has 4 nitrogen and oxygen atoms in total. The van der Waals surface area contributed by atoms with E-state index in [0.29, 0.717) is 19.0 Å². The van der Waals surface area contributed by atoms with Crippen molar-refractivity contribution < 1.29 is 9.59 Å². The Morgan fingerprint density at radius 3 is 2.32 bits per heavy atom. The molecule has 2 radical (unpaired) electrons. The number of nitrogens with one attached hydrogen (secondary N) is 2. The normalized spacial score (nSPS) is 21.1. The number of amides is 2. The molecule has 5 heteroatoms. The Bertz CT molecular complexity index is 508.